The number of hydrogen-bond donors (Lipinski definition) is 0. The predicted molar refractivity (Wildman–Crippen MR) is 98.8 cm³/mol. The molecule has 0 unspecified atom stereocenters. The van der Waals surface area contributed by atoms with Crippen LogP contribution in [0.4, 0.5) is 0 Å². The van der Waals surface area contributed by atoms with Crippen molar-refractivity contribution in [3.63, 3.8) is 0 Å². The van der Waals surface area contributed by atoms with Crippen molar-refractivity contribution in [3.05, 3.63) is 71.8 Å². The van der Waals surface area contributed by atoms with E-state index in [-0.39, 0.29) is 16.3 Å². The van der Waals surface area contributed by atoms with E-state index >= 15 is 0 Å². The van der Waals surface area contributed by atoms with Gasteiger partial charge in [0, 0.05) is 10.9 Å². The Balaban J connectivity index is 1.70. The first-order chi connectivity index (χ1) is 11.5. The molecule has 3 nitrogen and oxygen atoms in total. The fourth-order valence-electron chi connectivity index (χ4n) is 3.13. The van der Waals surface area contributed by atoms with Gasteiger partial charge in [0.1, 0.15) is 0 Å². The molecule has 0 aromatic heterocycles. The molecule has 1 heterocycles. The summed E-state index contributed by atoms with van der Waals surface area (Å²) in [5, 5.41) is 0. The Bertz CT molecular complexity index is 682. The third-order valence-electron chi connectivity index (χ3n) is 4.32. The van der Waals surface area contributed by atoms with Gasteiger partial charge in [0.05, 0.1) is 12.6 Å². The van der Waals surface area contributed by atoms with E-state index in [0.29, 0.717) is 13.2 Å². The second-order valence-corrected chi connectivity index (χ2v) is 8.72. The Morgan fingerprint density at radius 2 is 1.54 bits per heavy atom. The van der Waals surface area contributed by atoms with Crippen LogP contribution in [0, 0.1) is 0 Å². The van der Waals surface area contributed by atoms with Gasteiger partial charge in [-0.3, -0.25) is 4.79 Å². The van der Waals surface area contributed by atoms with Crippen LogP contribution in [-0.2, 0) is 22.7 Å². The number of rotatable bonds is 6. The van der Waals surface area contributed by atoms with Gasteiger partial charge in [0.2, 0.25) is 0 Å². The number of ether oxygens (including phenoxy) is 1. The summed E-state index contributed by atoms with van der Waals surface area (Å²) in [4.78, 5) is 14.5. The van der Waals surface area contributed by atoms with Crippen LogP contribution in [0.25, 0.3) is 0 Å². The molecule has 24 heavy (non-hydrogen) atoms. The summed E-state index contributed by atoms with van der Waals surface area (Å²) in [6.45, 7) is 5.24. The van der Waals surface area contributed by atoms with Crippen molar-refractivity contribution in [2.24, 2.45) is 0 Å². The van der Waals surface area contributed by atoms with Gasteiger partial charge in [0.25, 0.3) is 5.91 Å². The molecule has 0 radical (unpaired) electrons. The molecule has 2 aromatic carbocycles. The molecular formula is C20H22BrNO2. The van der Waals surface area contributed by atoms with Crippen molar-refractivity contribution in [2.75, 3.05) is 0 Å². The number of benzene rings is 2. The van der Waals surface area contributed by atoms with Crippen molar-refractivity contribution in [1.29, 1.82) is 0 Å². The maximum Gasteiger partial charge on any atom is 0.254 e. The van der Waals surface area contributed by atoms with Crippen LogP contribution in [0.2, 0.25) is 0 Å². The summed E-state index contributed by atoms with van der Waals surface area (Å²) in [5.74, 6) is 0.0623. The molecule has 1 aliphatic heterocycles. The lowest BCUT2D eigenvalue weighted by Crippen LogP contribution is -2.70. The summed E-state index contributed by atoms with van der Waals surface area (Å²) in [7, 11) is 0. The summed E-state index contributed by atoms with van der Waals surface area (Å²) >= 11 is 3.73. The summed E-state index contributed by atoms with van der Waals surface area (Å²) in [6, 6.07) is 20.0. The number of likely N-dealkylation sites (tertiary alicyclic amines) is 1. The lowest BCUT2D eigenvalue weighted by molar-refractivity contribution is -0.179. The third-order valence-corrected chi connectivity index (χ3v) is 4.79. The lowest BCUT2D eigenvalue weighted by Gasteiger charge is -2.51. The highest BCUT2D eigenvalue weighted by Crippen LogP contribution is 2.38. The highest BCUT2D eigenvalue weighted by Gasteiger charge is 2.54. The van der Waals surface area contributed by atoms with Crippen LogP contribution in [0.15, 0.2) is 60.7 Å². The number of carbonyl (C=O) groups is 1. The molecule has 1 fully saturated rings. The molecule has 2 atom stereocenters. The fourth-order valence-corrected chi connectivity index (χ4v) is 3.61. The Kier molecular flexibility index (Phi) is 5.07. The number of carbonyl (C=O) groups excluding carboxylic acids is 1. The minimum absolute atomic E-state index is 0.00826. The molecule has 4 heteroatoms. The molecule has 0 saturated carbocycles. The zero-order valence-corrected chi connectivity index (χ0v) is 15.6. The minimum Gasteiger partial charge on any atom is -0.361 e. The SMILES string of the molecule is CC(C)(Br)[C@@H]1[C@H](OCc2ccccc2)C(=O)N1Cc1ccccc1. The van der Waals surface area contributed by atoms with Crippen LogP contribution in [-0.4, -0.2) is 27.3 Å². The zero-order chi connectivity index (χ0) is 17.2. The lowest BCUT2D eigenvalue weighted by atomic mass is 9.87. The van der Waals surface area contributed by atoms with Gasteiger partial charge >= 0.3 is 0 Å². The number of amides is 1. The predicted octanol–water partition coefficient (Wildman–Crippen LogP) is 4.16. The Morgan fingerprint density at radius 3 is 2.08 bits per heavy atom. The molecule has 126 valence electrons. The number of nitrogens with zero attached hydrogens (tertiary/aromatic N) is 1. The minimum atomic E-state index is -0.400. The molecule has 1 amide bonds. The molecule has 1 aliphatic rings. The van der Waals surface area contributed by atoms with Gasteiger partial charge in [-0.2, -0.15) is 0 Å². The van der Waals surface area contributed by atoms with Gasteiger partial charge in [-0.15, -0.1) is 0 Å². The van der Waals surface area contributed by atoms with Crippen molar-refractivity contribution in [2.45, 2.75) is 43.5 Å². The molecule has 1 saturated heterocycles. The van der Waals surface area contributed by atoms with Crippen molar-refractivity contribution in [3.8, 4) is 0 Å². The molecule has 0 bridgehead atoms. The van der Waals surface area contributed by atoms with Crippen LogP contribution in [0.3, 0.4) is 0 Å². The average molecular weight is 388 g/mol. The second-order valence-electron chi connectivity index (χ2n) is 6.68. The molecule has 0 spiro atoms. The van der Waals surface area contributed by atoms with Crippen LogP contribution in [0.1, 0.15) is 25.0 Å². The van der Waals surface area contributed by atoms with E-state index in [9.17, 15) is 4.79 Å². The summed E-state index contributed by atoms with van der Waals surface area (Å²) in [5.41, 5.74) is 2.21. The van der Waals surface area contributed by atoms with Gasteiger partial charge < -0.3 is 9.64 Å². The second kappa shape index (κ2) is 7.08. The Morgan fingerprint density at radius 1 is 1.00 bits per heavy atom. The highest BCUT2D eigenvalue weighted by atomic mass is 79.9. The first-order valence-electron chi connectivity index (χ1n) is 8.15. The molecule has 0 aliphatic carbocycles. The third kappa shape index (κ3) is 3.70. The highest BCUT2D eigenvalue weighted by molar-refractivity contribution is 9.10. The van der Waals surface area contributed by atoms with E-state index in [1.165, 1.54) is 0 Å². The van der Waals surface area contributed by atoms with E-state index in [4.69, 9.17) is 4.74 Å². The fraction of sp³-hybridized carbons (Fsp3) is 0.350. The van der Waals surface area contributed by atoms with Gasteiger partial charge in [-0.05, 0) is 25.0 Å². The maximum absolute atomic E-state index is 12.6. The van der Waals surface area contributed by atoms with Crippen molar-refractivity contribution in [1.82, 2.24) is 4.90 Å². The number of alkyl halides is 1. The van der Waals surface area contributed by atoms with E-state index in [1.807, 2.05) is 65.6 Å². The topological polar surface area (TPSA) is 29.5 Å². The van der Waals surface area contributed by atoms with E-state index in [0.717, 1.165) is 11.1 Å². The first kappa shape index (κ1) is 17.2. The van der Waals surface area contributed by atoms with Gasteiger partial charge in [0.15, 0.2) is 6.10 Å². The Labute approximate surface area is 151 Å². The normalized spacial score (nSPS) is 20.8. The zero-order valence-electron chi connectivity index (χ0n) is 14.0. The molecule has 3 rings (SSSR count). The Hall–Kier alpha value is -1.65. The molecule has 0 N–H and O–H groups in total. The van der Waals surface area contributed by atoms with E-state index < -0.39 is 6.10 Å². The smallest absolute Gasteiger partial charge is 0.254 e. The molecule has 2 aromatic rings. The standard InChI is InChI=1S/C20H22BrNO2/c1-20(2,21)18-17(24-14-16-11-7-4-8-12-16)19(23)22(18)13-15-9-5-3-6-10-15/h3-12,17-18H,13-14H2,1-2H3/t17-,18-/m0/s1. The average Bonchev–Trinajstić information content (AvgIpc) is 2.57. The monoisotopic (exact) mass is 387 g/mol. The maximum atomic E-state index is 12.6. The van der Waals surface area contributed by atoms with Gasteiger partial charge in [-0.1, -0.05) is 76.6 Å². The quantitative estimate of drug-likeness (QED) is 0.550. The number of halogens is 1. The number of hydrogen-bond acceptors (Lipinski definition) is 2. The number of β-lactam (4-membered cyclic amide) rings is 1. The largest absolute Gasteiger partial charge is 0.361 e. The van der Waals surface area contributed by atoms with Gasteiger partial charge in [-0.25, -0.2) is 0 Å². The van der Waals surface area contributed by atoms with Crippen molar-refractivity contribution < 1.29 is 9.53 Å². The van der Waals surface area contributed by atoms with Crippen molar-refractivity contribution >= 4 is 21.8 Å². The first-order valence-corrected chi connectivity index (χ1v) is 8.95. The van der Waals surface area contributed by atoms with Crippen LogP contribution in [0.5, 0.6) is 0 Å². The summed E-state index contributed by atoms with van der Waals surface area (Å²) in [6.07, 6.45) is -0.400. The van der Waals surface area contributed by atoms with E-state index in [2.05, 4.69) is 29.8 Å². The van der Waals surface area contributed by atoms with Crippen LogP contribution >= 0.6 is 15.9 Å². The van der Waals surface area contributed by atoms with Crippen LogP contribution < -0.4 is 0 Å². The summed E-state index contributed by atoms with van der Waals surface area (Å²) < 4.78 is 5.75. The van der Waals surface area contributed by atoms with E-state index in [1.54, 1.807) is 0 Å². The molecular weight excluding hydrogens is 366 g/mol.